The summed E-state index contributed by atoms with van der Waals surface area (Å²) in [6.45, 7) is 0. The number of aromatic carboxylic acids is 1. The Morgan fingerprint density at radius 3 is 2.27 bits per heavy atom. The predicted octanol–water partition coefficient (Wildman–Crippen LogP) is 0.0508. The minimum atomic E-state index is -0.988. The summed E-state index contributed by atoms with van der Waals surface area (Å²) in [5, 5.41) is 8.49. The summed E-state index contributed by atoms with van der Waals surface area (Å²) in [7, 11) is 0. The van der Waals surface area contributed by atoms with E-state index in [1.807, 2.05) is 0 Å². The van der Waals surface area contributed by atoms with Crippen LogP contribution in [0.3, 0.4) is 0 Å². The Kier molecular flexibility index (Phi) is 4.87. The zero-order valence-electron chi connectivity index (χ0n) is 5.24. The molecule has 11 heavy (non-hydrogen) atoms. The van der Waals surface area contributed by atoms with Gasteiger partial charge in [0.1, 0.15) is 0 Å². The molecule has 0 aliphatic carbocycles. The zero-order valence-corrected chi connectivity index (χ0v) is 5.24. The van der Waals surface area contributed by atoms with Crippen molar-refractivity contribution in [2.24, 2.45) is 0 Å². The predicted molar refractivity (Wildman–Crippen MR) is 46.4 cm³/mol. The molecule has 0 atom stereocenters. The fourth-order valence-corrected chi connectivity index (χ4v) is 0.692. The van der Waals surface area contributed by atoms with Gasteiger partial charge in [0.05, 0.1) is 5.56 Å². The van der Waals surface area contributed by atoms with E-state index in [4.69, 9.17) is 10.8 Å². The van der Waals surface area contributed by atoms with Crippen molar-refractivity contribution < 1.29 is 9.90 Å². The first kappa shape index (κ1) is 11.1. The van der Waals surface area contributed by atoms with Gasteiger partial charge in [0, 0.05) is 5.69 Å². The second-order valence-electron chi connectivity index (χ2n) is 1.89. The van der Waals surface area contributed by atoms with Crippen molar-refractivity contribution in [3.8, 4) is 0 Å². The van der Waals surface area contributed by atoms with Gasteiger partial charge in [-0.2, -0.15) is 0 Å². The Morgan fingerprint density at radius 1 is 1.36 bits per heavy atom. The molecule has 1 aromatic carbocycles. The quantitative estimate of drug-likeness (QED) is 0.563. The molecular weight excluding hydrogens is 267 g/mol. The summed E-state index contributed by atoms with van der Waals surface area (Å²) < 4.78 is 0. The van der Waals surface area contributed by atoms with Gasteiger partial charge in [-0.15, -0.1) is 0 Å². The van der Waals surface area contributed by atoms with Gasteiger partial charge in [-0.25, -0.2) is 4.79 Å². The van der Waals surface area contributed by atoms with Crippen molar-refractivity contribution in [2.45, 2.75) is 0 Å². The molecule has 0 aromatic heterocycles. The van der Waals surface area contributed by atoms with E-state index in [2.05, 4.69) is 0 Å². The molecule has 0 unspecified atom stereocenters. The van der Waals surface area contributed by atoms with E-state index in [0.717, 1.165) is 0 Å². The molecule has 0 heterocycles. The van der Waals surface area contributed by atoms with E-state index >= 15 is 0 Å². The van der Waals surface area contributed by atoms with Crippen molar-refractivity contribution in [3.63, 3.8) is 0 Å². The van der Waals surface area contributed by atoms with Crippen LogP contribution in [-0.4, -0.2) is 60.0 Å². The molecule has 0 amide bonds. The normalized spacial score (nSPS) is 8.36. The number of anilines is 1. The molecule has 4 heteroatoms. The first-order valence-electron chi connectivity index (χ1n) is 2.79. The summed E-state index contributed by atoms with van der Waals surface area (Å²) in [6.07, 6.45) is 0. The molecule has 0 spiro atoms. The van der Waals surface area contributed by atoms with Gasteiger partial charge in [0.25, 0.3) is 0 Å². The average Bonchev–Trinajstić information content (AvgIpc) is 1.88. The summed E-state index contributed by atoms with van der Waals surface area (Å²) in [5.74, 6) is -0.988. The van der Waals surface area contributed by atoms with E-state index < -0.39 is 5.97 Å². The number of carboxylic acid groups (broad SMARTS) is 1. The molecule has 0 radical (unpaired) electrons. The van der Waals surface area contributed by atoms with Gasteiger partial charge >= 0.3 is 54.9 Å². The Balaban J connectivity index is 0.000001000. The number of benzene rings is 1. The number of nitrogen functional groups attached to an aromatic ring is 1. The molecule has 0 aliphatic rings. The number of carboxylic acids is 1. The molecule has 0 aliphatic heterocycles. The van der Waals surface area contributed by atoms with Crippen LogP contribution >= 0.6 is 0 Å². The van der Waals surface area contributed by atoms with Crippen LogP contribution in [0.15, 0.2) is 24.3 Å². The maximum atomic E-state index is 10.3. The molecule has 1 aromatic rings. The van der Waals surface area contributed by atoms with E-state index in [-0.39, 0.29) is 54.4 Å². The average molecular weight is 276 g/mol. The summed E-state index contributed by atoms with van der Waals surface area (Å²) in [5.41, 5.74) is 5.80. The third-order valence-corrected chi connectivity index (χ3v) is 1.19. The van der Waals surface area contributed by atoms with Gasteiger partial charge in [-0.1, -0.05) is 12.1 Å². The van der Waals surface area contributed by atoms with Gasteiger partial charge in [-0.3, -0.25) is 0 Å². The number of hydrogen-bond acceptors (Lipinski definition) is 2. The third-order valence-electron chi connectivity index (χ3n) is 1.19. The van der Waals surface area contributed by atoms with Gasteiger partial charge in [0.2, 0.25) is 0 Å². The first-order valence-corrected chi connectivity index (χ1v) is 2.79. The summed E-state index contributed by atoms with van der Waals surface area (Å²) >= 11 is 0. The van der Waals surface area contributed by atoms with Crippen LogP contribution in [0.1, 0.15) is 10.4 Å². The fraction of sp³-hybridized carbons (Fsp3) is 0. The van der Waals surface area contributed by atoms with Crippen LogP contribution < -0.4 is 5.73 Å². The van der Waals surface area contributed by atoms with Crippen LogP contribution in [0.25, 0.3) is 0 Å². The topological polar surface area (TPSA) is 63.3 Å². The van der Waals surface area contributed by atoms with Crippen LogP contribution in [0.2, 0.25) is 0 Å². The van der Waals surface area contributed by atoms with Crippen LogP contribution in [0.5, 0.6) is 0 Å². The SMILES string of the molecule is Nc1ccccc1C(=O)O.[BaH2]. The van der Waals surface area contributed by atoms with Gasteiger partial charge < -0.3 is 10.8 Å². The standard InChI is InChI=1S/C7H7NO2.Ba.2H/c8-6-4-2-1-3-5(6)7(9)10;;;/h1-4H,8H2,(H,9,10);;;. The second kappa shape index (κ2) is 4.84. The summed E-state index contributed by atoms with van der Waals surface area (Å²) in [6, 6.07) is 6.36. The number of para-hydroxylation sites is 1. The minimum absolute atomic E-state index is 0. The van der Waals surface area contributed by atoms with Crippen molar-refractivity contribution >= 4 is 60.5 Å². The van der Waals surface area contributed by atoms with Crippen molar-refractivity contribution in [1.82, 2.24) is 0 Å². The second-order valence-corrected chi connectivity index (χ2v) is 1.89. The van der Waals surface area contributed by atoms with Gasteiger partial charge in [-0.05, 0) is 12.1 Å². The van der Waals surface area contributed by atoms with E-state index in [1.54, 1.807) is 18.2 Å². The first-order chi connectivity index (χ1) is 4.72. The van der Waals surface area contributed by atoms with Crippen molar-refractivity contribution in [1.29, 1.82) is 0 Å². The molecule has 0 fully saturated rings. The van der Waals surface area contributed by atoms with E-state index in [9.17, 15) is 4.79 Å². The van der Waals surface area contributed by atoms with E-state index in [0.29, 0.717) is 5.69 Å². The molecule has 56 valence electrons. The maximum absolute atomic E-state index is 10.3. The number of carbonyl (C=O) groups is 1. The molecular formula is C7H9BaNO2. The van der Waals surface area contributed by atoms with Gasteiger partial charge in [0.15, 0.2) is 0 Å². The van der Waals surface area contributed by atoms with Crippen LogP contribution in [0, 0.1) is 0 Å². The Morgan fingerprint density at radius 2 is 1.91 bits per heavy atom. The molecule has 3 nitrogen and oxygen atoms in total. The molecule has 0 saturated carbocycles. The summed E-state index contributed by atoms with van der Waals surface area (Å²) in [4.78, 5) is 10.3. The number of rotatable bonds is 1. The Labute approximate surface area is 105 Å². The molecule has 0 bridgehead atoms. The molecule has 1 rings (SSSR count). The molecule has 3 N–H and O–H groups in total. The van der Waals surface area contributed by atoms with Crippen LogP contribution in [-0.2, 0) is 0 Å². The number of hydrogen-bond donors (Lipinski definition) is 2. The van der Waals surface area contributed by atoms with Crippen molar-refractivity contribution in [3.05, 3.63) is 29.8 Å². The Bertz CT molecular complexity index is 262. The zero-order chi connectivity index (χ0) is 7.56. The van der Waals surface area contributed by atoms with E-state index in [1.165, 1.54) is 6.07 Å². The third kappa shape index (κ3) is 2.88. The monoisotopic (exact) mass is 277 g/mol. The molecule has 0 saturated heterocycles. The fourth-order valence-electron chi connectivity index (χ4n) is 0.692. The number of nitrogens with two attached hydrogens (primary N) is 1. The Hall–Kier alpha value is 0.0614. The van der Waals surface area contributed by atoms with Crippen LogP contribution in [0.4, 0.5) is 5.69 Å². The van der Waals surface area contributed by atoms with Crippen molar-refractivity contribution in [2.75, 3.05) is 5.73 Å².